The van der Waals surface area contributed by atoms with E-state index in [2.05, 4.69) is 26.5 Å². The molecule has 1 atom stereocenters. The molecule has 128 valence electrons. The van der Waals surface area contributed by atoms with Crippen LogP contribution in [0.2, 0.25) is 5.02 Å². The molecule has 1 unspecified atom stereocenters. The number of hydrogen-bond donors (Lipinski definition) is 1. The van der Waals surface area contributed by atoms with Gasteiger partial charge in [-0.05, 0) is 48.9 Å². The second-order valence-corrected chi connectivity index (χ2v) is 6.99. The number of amides is 2. The van der Waals surface area contributed by atoms with Crippen LogP contribution in [0, 0.1) is 0 Å². The quantitative estimate of drug-likeness (QED) is 0.465. The maximum Gasteiger partial charge on any atom is 0.258 e. The van der Waals surface area contributed by atoms with Crippen molar-refractivity contribution < 1.29 is 9.59 Å². The third kappa shape index (κ3) is 3.91. The third-order valence-electron chi connectivity index (χ3n) is 3.88. The van der Waals surface area contributed by atoms with Crippen molar-refractivity contribution in [3.63, 3.8) is 0 Å². The van der Waals surface area contributed by atoms with Crippen LogP contribution in [-0.4, -0.2) is 23.6 Å². The lowest BCUT2D eigenvalue weighted by molar-refractivity contribution is -0.121. The maximum absolute atomic E-state index is 12.5. The second-order valence-electron chi connectivity index (χ2n) is 5.63. The highest BCUT2D eigenvalue weighted by Crippen LogP contribution is 2.24. The second kappa shape index (κ2) is 7.37. The zero-order chi connectivity index (χ0) is 18.0. The van der Waals surface area contributed by atoms with Gasteiger partial charge in [-0.1, -0.05) is 39.7 Å². The fraction of sp³-hybridized carbons (Fsp3) is 0.167. The molecule has 0 aromatic heterocycles. The Morgan fingerprint density at radius 3 is 2.44 bits per heavy atom. The van der Waals surface area contributed by atoms with E-state index in [0.717, 1.165) is 15.7 Å². The topological polar surface area (TPSA) is 61.8 Å². The van der Waals surface area contributed by atoms with Gasteiger partial charge in [0.1, 0.15) is 6.04 Å². The van der Waals surface area contributed by atoms with Crippen LogP contribution in [0.25, 0.3) is 0 Å². The molecule has 3 rings (SSSR count). The minimum Gasteiger partial charge on any atom is -0.297 e. The molecule has 0 saturated carbocycles. The normalized spacial score (nSPS) is 18.0. The van der Waals surface area contributed by atoms with Gasteiger partial charge in [0.25, 0.3) is 5.91 Å². The molecule has 1 aliphatic rings. The average molecular weight is 421 g/mol. The van der Waals surface area contributed by atoms with Gasteiger partial charge in [-0.15, -0.1) is 0 Å². The molecule has 0 radical (unpaired) electrons. The van der Waals surface area contributed by atoms with E-state index in [1.807, 2.05) is 31.2 Å². The van der Waals surface area contributed by atoms with E-state index in [-0.39, 0.29) is 18.2 Å². The Morgan fingerprint density at radius 1 is 1.16 bits per heavy atom. The molecule has 7 heteroatoms. The predicted octanol–water partition coefficient (Wildman–Crippen LogP) is 3.75. The smallest absolute Gasteiger partial charge is 0.258 e. The highest BCUT2D eigenvalue weighted by Gasteiger charge is 2.39. The number of anilines is 1. The van der Waals surface area contributed by atoms with Crippen molar-refractivity contribution in [1.29, 1.82) is 0 Å². The summed E-state index contributed by atoms with van der Waals surface area (Å²) in [7, 11) is 0. The van der Waals surface area contributed by atoms with E-state index in [9.17, 15) is 9.59 Å². The highest BCUT2D eigenvalue weighted by molar-refractivity contribution is 9.10. The summed E-state index contributed by atoms with van der Waals surface area (Å²) in [6.45, 7) is 1.84. The Morgan fingerprint density at radius 2 is 1.80 bits per heavy atom. The van der Waals surface area contributed by atoms with Crippen LogP contribution in [0.5, 0.6) is 0 Å². The molecule has 1 N–H and O–H groups in total. The number of rotatable bonds is 4. The number of carbonyl (C=O) groups is 2. The van der Waals surface area contributed by atoms with Gasteiger partial charge in [-0.2, -0.15) is 5.10 Å². The minimum atomic E-state index is -0.673. The Kier molecular flexibility index (Phi) is 5.20. The summed E-state index contributed by atoms with van der Waals surface area (Å²) in [5.41, 5.74) is 5.00. The first-order valence-corrected chi connectivity index (χ1v) is 8.81. The largest absolute Gasteiger partial charge is 0.297 e. The fourth-order valence-electron chi connectivity index (χ4n) is 2.52. The van der Waals surface area contributed by atoms with E-state index >= 15 is 0 Å². The van der Waals surface area contributed by atoms with E-state index in [4.69, 9.17) is 11.6 Å². The van der Waals surface area contributed by atoms with E-state index in [1.54, 1.807) is 24.3 Å². The standard InChI is InChI=1S/C18H15BrClN3O2/c1-11(12-2-4-13(19)5-3-12)21-22-16-10-17(24)23(18(16)25)15-8-6-14(20)7-9-15/h2-9,16,22H,10H2,1H3/b21-11+. The number of halogens is 2. The summed E-state index contributed by atoms with van der Waals surface area (Å²) in [5.74, 6) is -0.582. The molecule has 0 spiro atoms. The Labute approximate surface area is 158 Å². The molecule has 2 aromatic rings. The molecule has 25 heavy (non-hydrogen) atoms. The molecule has 1 saturated heterocycles. The highest BCUT2D eigenvalue weighted by atomic mass is 79.9. The molecule has 2 amide bonds. The minimum absolute atomic E-state index is 0.0680. The lowest BCUT2D eigenvalue weighted by Crippen LogP contribution is -2.37. The summed E-state index contributed by atoms with van der Waals surface area (Å²) < 4.78 is 0.979. The monoisotopic (exact) mass is 419 g/mol. The zero-order valence-electron chi connectivity index (χ0n) is 13.4. The number of hydrazone groups is 1. The lowest BCUT2D eigenvalue weighted by atomic mass is 10.1. The fourth-order valence-corrected chi connectivity index (χ4v) is 2.91. The van der Waals surface area contributed by atoms with Gasteiger partial charge in [-0.3, -0.25) is 15.0 Å². The lowest BCUT2D eigenvalue weighted by Gasteiger charge is -2.15. The molecular formula is C18H15BrClN3O2. The van der Waals surface area contributed by atoms with Crippen molar-refractivity contribution in [1.82, 2.24) is 5.43 Å². The number of carbonyl (C=O) groups excluding carboxylic acids is 2. The predicted molar refractivity (Wildman–Crippen MR) is 102 cm³/mol. The van der Waals surface area contributed by atoms with Gasteiger partial charge in [0.05, 0.1) is 17.8 Å². The number of benzene rings is 2. The van der Waals surface area contributed by atoms with Crippen molar-refractivity contribution in [3.05, 3.63) is 63.6 Å². The summed E-state index contributed by atoms with van der Waals surface area (Å²) >= 11 is 9.23. The van der Waals surface area contributed by atoms with E-state index in [1.165, 1.54) is 4.90 Å². The summed E-state index contributed by atoms with van der Waals surface area (Å²) in [4.78, 5) is 25.9. The van der Waals surface area contributed by atoms with Crippen LogP contribution >= 0.6 is 27.5 Å². The van der Waals surface area contributed by atoms with Crippen LogP contribution < -0.4 is 10.3 Å². The molecule has 2 aromatic carbocycles. The van der Waals surface area contributed by atoms with Crippen LogP contribution in [0.4, 0.5) is 5.69 Å². The van der Waals surface area contributed by atoms with Crippen molar-refractivity contribution in [2.45, 2.75) is 19.4 Å². The number of nitrogens with zero attached hydrogens (tertiary/aromatic N) is 2. The Balaban J connectivity index is 1.72. The van der Waals surface area contributed by atoms with Crippen LogP contribution in [0.3, 0.4) is 0 Å². The number of hydrogen-bond acceptors (Lipinski definition) is 4. The van der Waals surface area contributed by atoms with Gasteiger partial charge in [0.2, 0.25) is 5.91 Å². The van der Waals surface area contributed by atoms with Gasteiger partial charge >= 0.3 is 0 Å². The first kappa shape index (κ1) is 17.6. The first-order chi connectivity index (χ1) is 12.0. The zero-order valence-corrected chi connectivity index (χ0v) is 15.7. The van der Waals surface area contributed by atoms with Crippen LogP contribution in [-0.2, 0) is 9.59 Å². The van der Waals surface area contributed by atoms with Gasteiger partial charge in [-0.25, -0.2) is 4.90 Å². The average Bonchev–Trinajstić information content (AvgIpc) is 2.88. The van der Waals surface area contributed by atoms with Crippen molar-refractivity contribution in [2.75, 3.05) is 4.90 Å². The van der Waals surface area contributed by atoms with Crippen molar-refractivity contribution in [3.8, 4) is 0 Å². The van der Waals surface area contributed by atoms with E-state index in [0.29, 0.717) is 10.7 Å². The SMILES string of the molecule is C/C(=N\NC1CC(=O)N(c2ccc(Cl)cc2)C1=O)c1ccc(Br)cc1. The van der Waals surface area contributed by atoms with E-state index < -0.39 is 6.04 Å². The number of imide groups is 1. The summed E-state index contributed by atoms with van der Waals surface area (Å²) in [6, 6.07) is 13.6. The first-order valence-electron chi connectivity index (χ1n) is 7.64. The van der Waals surface area contributed by atoms with Gasteiger partial charge in [0.15, 0.2) is 0 Å². The maximum atomic E-state index is 12.5. The molecule has 0 bridgehead atoms. The van der Waals surface area contributed by atoms with Crippen LogP contribution in [0.15, 0.2) is 58.1 Å². The summed E-state index contributed by atoms with van der Waals surface area (Å²) in [5, 5.41) is 4.81. The molecule has 0 aliphatic carbocycles. The Hall–Kier alpha value is -2.18. The molecule has 1 heterocycles. The Bertz CT molecular complexity index is 834. The number of nitrogens with one attached hydrogen (secondary N) is 1. The van der Waals surface area contributed by atoms with Gasteiger partial charge in [0, 0.05) is 9.50 Å². The molecule has 1 fully saturated rings. The molecule has 1 aliphatic heterocycles. The van der Waals surface area contributed by atoms with Crippen molar-refractivity contribution >= 4 is 50.7 Å². The van der Waals surface area contributed by atoms with Crippen LogP contribution in [0.1, 0.15) is 18.9 Å². The molecule has 5 nitrogen and oxygen atoms in total. The van der Waals surface area contributed by atoms with Gasteiger partial charge < -0.3 is 0 Å². The van der Waals surface area contributed by atoms with Crippen molar-refractivity contribution in [2.24, 2.45) is 5.10 Å². The molecular weight excluding hydrogens is 406 g/mol. The third-order valence-corrected chi connectivity index (χ3v) is 4.66. The summed E-state index contributed by atoms with van der Waals surface area (Å²) in [6.07, 6.45) is 0.0680.